The second-order valence-electron chi connectivity index (χ2n) is 3.48. The molecule has 0 aromatic carbocycles. The third-order valence-corrected chi connectivity index (χ3v) is 2.58. The van der Waals surface area contributed by atoms with Gasteiger partial charge < -0.3 is 5.32 Å². The van der Waals surface area contributed by atoms with E-state index in [-0.39, 0.29) is 12.0 Å². The summed E-state index contributed by atoms with van der Waals surface area (Å²) >= 11 is 0. The molecule has 2 fully saturated rings. The van der Waals surface area contributed by atoms with Crippen LogP contribution in [0, 0.1) is 11.8 Å². The lowest BCUT2D eigenvalue weighted by Gasteiger charge is -2.19. The fraction of sp³-hybridized carbons (Fsp3) is 0.750. The number of allylic oxidation sites excluding steroid dienone is 1. The first-order valence-corrected chi connectivity index (χ1v) is 3.78. The summed E-state index contributed by atoms with van der Waals surface area (Å²) in [7, 11) is 0. The van der Waals surface area contributed by atoms with Gasteiger partial charge in [-0.25, -0.2) is 4.39 Å². The highest BCUT2D eigenvalue weighted by molar-refractivity contribution is 5.17. The number of hydrogen-bond donors (Lipinski definition) is 1. The van der Waals surface area contributed by atoms with Crippen LogP contribution in [0.3, 0.4) is 0 Å². The molecule has 0 spiro atoms. The number of fused-ring (bicyclic) bond motifs is 1. The number of piperidine rings is 1. The SMILES string of the molecule is C=C1C[C@H](C)[C@H]2[C@@H](F)[C@H]2N1. The minimum absolute atomic E-state index is 0.108. The summed E-state index contributed by atoms with van der Waals surface area (Å²) in [4.78, 5) is 0. The quantitative estimate of drug-likeness (QED) is 0.538. The van der Waals surface area contributed by atoms with Crippen molar-refractivity contribution in [3.05, 3.63) is 12.3 Å². The van der Waals surface area contributed by atoms with Crippen LogP contribution in [-0.4, -0.2) is 12.2 Å². The number of rotatable bonds is 0. The summed E-state index contributed by atoms with van der Waals surface area (Å²) in [5.41, 5.74) is 1.01. The Bertz CT molecular complexity index is 168. The Morgan fingerprint density at radius 2 is 2.40 bits per heavy atom. The molecule has 0 amide bonds. The van der Waals surface area contributed by atoms with Crippen molar-refractivity contribution >= 4 is 0 Å². The lowest BCUT2D eigenvalue weighted by Crippen LogP contribution is -2.26. The minimum Gasteiger partial charge on any atom is -0.383 e. The molecule has 1 nitrogen and oxygen atoms in total. The van der Waals surface area contributed by atoms with Gasteiger partial charge in [0.05, 0.1) is 6.04 Å². The first kappa shape index (κ1) is 6.20. The molecule has 56 valence electrons. The average Bonchev–Trinajstić information content (AvgIpc) is 2.42. The van der Waals surface area contributed by atoms with Crippen LogP contribution in [0.2, 0.25) is 0 Å². The molecule has 2 rings (SSSR count). The van der Waals surface area contributed by atoms with Crippen LogP contribution in [0.1, 0.15) is 13.3 Å². The van der Waals surface area contributed by atoms with Crippen molar-refractivity contribution in [1.82, 2.24) is 5.32 Å². The lowest BCUT2D eigenvalue weighted by atomic mass is 9.97. The van der Waals surface area contributed by atoms with Crippen LogP contribution in [0.15, 0.2) is 12.3 Å². The normalized spacial score (nSPS) is 51.6. The van der Waals surface area contributed by atoms with Gasteiger partial charge >= 0.3 is 0 Å². The van der Waals surface area contributed by atoms with E-state index in [2.05, 4.69) is 18.8 Å². The van der Waals surface area contributed by atoms with E-state index >= 15 is 0 Å². The Balaban J connectivity index is 2.09. The Morgan fingerprint density at radius 3 is 3.00 bits per heavy atom. The van der Waals surface area contributed by atoms with Gasteiger partial charge in [0.1, 0.15) is 6.17 Å². The first-order chi connectivity index (χ1) is 4.70. The van der Waals surface area contributed by atoms with E-state index in [1.165, 1.54) is 0 Å². The molecule has 1 heterocycles. The molecule has 4 atom stereocenters. The summed E-state index contributed by atoms with van der Waals surface area (Å²) in [6.07, 6.45) is 0.343. The van der Waals surface area contributed by atoms with E-state index in [0.29, 0.717) is 5.92 Å². The molecule has 0 radical (unpaired) electrons. The summed E-state index contributed by atoms with van der Waals surface area (Å²) in [5, 5.41) is 3.06. The molecule has 2 heteroatoms. The molecular formula is C8H12FN. The van der Waals surface area contributed by atoms with Gasteiger partial charge in [-0.15, -0.1) is 0 Å². The Morgan fingerprint density at radius 1 is 1.70 bits per heavy atom. The van der Waals surface area contributed by atoms with Crippen LogP contribution >= 0.6 is 0 Å². The van der Waals surface area contributed by atoms with Gasteiger partial charge in [0.25, 0.3) is 0 Å². The van der Waals surface area contributed by atoms with E-state index in [4.69, 9.17) is 0 Å². The molecule has 1 saturated carbocycles. The molecule has 1 aliphatic heterocycles. The maximum atomic E-state index is 12.8. The Labute approximate surface area is 60.3 Å². The predicted octanol–water partition coefficient (Wildman–Crippen LogP) is 1.47. The van der Waals surface area contributed by atoms with Gasteiger partial charge in [0.15, 0.2) is 0 Å². The third kappa shape index (κ3) is 0.678. The maximum absolute atomic E-state index is 12.8. The number of hydrogen-bond acceptors (Lipinski definition) is 1. The molecule has 0 aromatic heterocycles. The molecule has 0 aromatic rings. The van der Waals surface area contributed by atoms with Crippen LogP contribution in [0.25, 0.3) is 0 Å². The van der Waals surface area contributed by atoms with E-state index in [9.17, 15) is 4.39 Å². The summed E-state index contributed by atoms with van der Waals surface area (Å²) in [5.74, 6) is 0.777. The second-order valence-corrected chi connectivity index (χ2v) is 3.48. The fourth-order valence-electron chi connectivity index (χ4n) is 1.96. The summed E-state index contributed by atoms with van der Waals surface area (Å²) < 4.78 is 12.8. The molecule has 1 saturated heterocycles. The van der Waals surface area contributed by atoms with Crippen molar-refractivity contribution in [3.63, 3.8) is 0 Å². The van der Waals surface area contributed by atoms with E-state index in [1.54, 1.807) is 0 Å². The van der Waals surface area contributed by atoms with Crippen LogP contribution in [0.4, 0.5) is 4.39 Å². The second kappa shape index (κ2) is 1.74. The monoisotopic (exact) mass is 141 g/mol. The molecule has 0 bridgehead atoms. The van der Waals surface area contributed by atoms with Gasteiger partial charge in [-0.1, -0.05) is 13.5 Å². The molecular weight excluding hydrogens is 129 g/mol. The van der Waals surface area contributed by atoms with Gasteiger partial charge in [-0.2, -0.15) is 0 Å². The highest BCUT2D eigenvalue weighted by Gasteiger charge is 2.56. The van der Waals surface area contributed by atoms with E-state index in [1.807, 2.05) is 0 Å². The van der Waals surface area contributed by atoms with Crippen molar-refractivity contribution in [1.29, 1.82) is 0 Å². The van der Waals surface area contributed by atoms with Gasteiger partial charge in [0.2, 0.25) is 0 Å². The van der Waals surface area contributed by atoms with Crippen LogP contribution < -0.4 is 5.32 Å². The van der Waals surface area contributed by atoms with E-state index in [0.717, 1.165) is 12.1 Å². The first-order valence-electron chi connectivity index (χ1n) is 3.78. The fourth-order valence-corrected chi connectivity index (χ4v) is 1.96. The van der Waals surface area contributed by atoms with Gasteiger partial charge in [0, 0.05) is 11.6 Å². The number of nitrogens with one attached hydrogen (secondary N) is 1. The van der Waals surface area contributed by atoms with Crippen molar-refractivity contribution in [2.45, 2.75) is 25.6 Å². The number of halogens is 1. The van der Waals surface area contributed by atoms with Crippen molar-refractivity contribution in [3.8, 4) is 0 Å². The molecule has 1 aliphatic carbocycles. The number of alkyl halides is 1. The molecule has 2 aliphatic rings. The highest BCUT2D eigenvalue weighted by atomic mass is 19.1. The van der Waals surface area contributed by atoms with Gasteiger partial charge in [-0.05, 0) is 12.3 Å². The van der Waals surface area contributed by atoms with Crippen LogP contribution in [-0.2, 0) is 0 Å². The highest BCUT2D eigenvalue weighted by Crippen LogP contribution is 2.46. The van der Waals surface area contributed by atoms with E-state index < -0.39 is 6.17 Å². The Kier molecular flexibility index (Phi) is 1.08. The average molecular weight is 141 g/mol. The minimum atomic E-state index is -0.603. The van der Waals surface area contributed by atoms with Gasteiger partial charge in [-0.3, -0.25) is 0 Å². The largest absolute Gasteiger partial charge is 0.383 e. The van der Waals surface area contributed by atoms with Crippen molar-refractivity contribution < 1.29 is 4.39 Å². The topological polar surface area (TPSA) is 12.0 Å². The van der Waals surface area contributed by atoms with Crippen molar-refractivity contribution in [2.24, 2.45) is 11.8 Å². The molecule has 10 heavy (non-hydrogen) atoms. The molecule has 1 N–H and O–H groups in total. The van der Waals surface area contributed by atoms with Crippen molar-refractivity contribution in [2.75, 3.05) is 0 Å². The smallest absolute Gasteiger partial charge is 0.126 e. The lowest BCUT2D eigenvalue weighted by molar-refractivity contribution is 0.382. The Hall–Kier alpha value is -0.530. The third-order valence-electron chi connectivity index (χ3n) is 2.58. The zero-order valence-electron chi connectivity index (χ0n) is 6.10. The zero-order chi connectivity index (χ0) is 7.30. The maximum Gasteiger partial charge on any atom is 0.126 e. The van der Waals surface area contributed by atoms with Crippen LogP contribution in [0.5, 0.6) is 0 Å². The predicted molar refractivity (Wildman–Crippen MR) is 38.2 cm³/mol. The summed E-state index contributed by atoms with van der Waals surface area (Å²) in [6, 6.07) is 0.108. The zero-order valence-corrected chi connectivity index (χ0v) is 6.10. The summed E-state index contributed by atoms with van der Waals surface area (Å²) in [6.45, 7) is 5.90. The standard InChI is InChI=1S/C8H12FN/c1-4-3-5(2)10-8-6(4)7(8)9/h4,6-8,10H,2-3H2,1H3/t4-,6-,7+,8-/m0/s1. The molecule has 0 unspecified atom stereocenters.